The number of nitrogens with one attached hydrogen (secondary N) is 1. The molecule has 0 spiro atoms. The Balaban J connectivity index is 2.46. The van der Waals surface area contributed by atoms with Gasteiger partial charge in [-0.25, -0.2) is 0 Å². The van der Waals surface area contributed by atoms with Crippen LogP contribution in [0, 0.1) is 13.8 Å². The molecule has 0 heterocycles. The Labute approximate surface area is 415 Å². The van der Waals surface area contributed by atoms with Gasteiger partial charge in [0.15, 0.2) is 6.61 Å². The number of hydrogen-bond donors (Lipinski definition) is 1. The number of benzene rings is 2. The highest BCUT2D eigenvalue weighted by Crippen LogP contribution is 2.66. The lowest BCUT2D eigenvalue weighted by atomic mass is 9.88. The van der Waals surface area contributed by atoms with Gasteiger partial charge in [0.25, 0.3) is 5.91 Å². The molecule has 2 aromatic carbocycles. The molecule has 0 saturated carbocycles. The SMILES string of the molecule is Cc1ccc(NC(=O)COc2c(C)cc(CSCCC(F)(F)C(F)(F)C(F)(F)C(F)(F)C(F)(F)C(F)(F)C(F)(F)C(F)(F)F)cc2CSCCC(F)(F)C(F)(F)C(F)(F)C(F)(F)C(F)(F)C(F)(F)C(F)(F)C(F)(F)F)cc1. The van der Waals surface area contributed by atoms with Crippen molar-refractivity contribution in [1.29, 1.82) is 0 Å². The van der Waals surface area contributed by atoms with Crippen molar-refractivity contribution >= 4 is 35.1 Å². The van der Waals surface area contributed by atoms with Gasteiger partial charge in [-0.1, -0.05) is 29.8 Å². The number of halogens is 34. The lowest BCUT2D eigenvalue weighted by Crippen LogP contribution is -2.74. The summed E-state index contributed by atoms with van der Waals surface area (Å²) in [6, 6.07) is 7.14. The van der Waals surface area contributed by atoms with E-state index in [1.54, 1.807) is 6.92 Å². The smallest absolute Gasteiger partial charge is 0.460 e. The van der Waals surface area contributed by atoms with Crippen molar-refractivity contribution in [2.24, 2.45) is 0 Å². The van der Waals surface area contributed by atoms with Gasteiger partial charge in [0.1, 0.15) is 5.75 Å². The zero-order chi connectivity index (χ0) is 61.1. The summed E-state index contributed by atoms with van der Waals surface area (Å²) in [4.78, 5) is 12.6. The van der Waals surface area contributed by atoms with Crippen molar-refractivity contribution in [3.8, 4) is 5.75 Å². The van der Waals surface area contributed by atoms with E-state index in [0.717, 1.165) is 13.0 Å². The molecule has 0 aliphatic heterocycles. The van der Waals surface area contributed by atoms with E-state index in [1.165, 1.54) is 24.3 Å². The van der Waals surface area contributed by atoms with Crippen LogP contribution in [0.25, 0.3) is 0 Å². The Morgan fingerprint density at radius 3 is 1.08 bits per heavy atom. The van der Waals surface area contributed by atoms with Gasteiger partial charge in [0.05, 0.1) is 0 Å². The molecular formula is C38H27F34NO2S2. The number of ether oxygens (including phenoxy) is 1. The minimum atomic E-state index is -8.91. The molecule has 0 unspecified atom stereocenters. The maximum absolute atomic E-state index is 14.6. The third-order valence-electron chi connectivity index (χ3n) is 10.3. The number of anilines is 1. The molecule has 1 amide bonds. The van der Waals surface area contributed by atoms with Crippen LogP contribution in [-0.4, -0.2) is 119 Å². The van der Waals surface area contributed by atoms with Crippen LogP contribution in [0.1, 0.15) is 35.1 Å². The molecule has 0 bridgehead atoms. The van der Waals surface area contributed by atoms with Gasteiger partial charge in [0, 0.05) is 35.6 Å². The summed E-state index contributed by atoms with van der Waals surface area (Å²) in [7, 11) is 0. The standard InChI is InChI=1S/C38H27F34NO2S2/c1-16-3-5-20(6-4-16)73-21(74)13-75-22-17(2)11-18(14-76-9-7-23(39,40)25(43,44)27(47,48)29(51,52)31(55,56)33(59,60)35(63,64)37(67,68)69)12-19(22)15-77-10-8-24(41,42)26(45,46)28(49,50)30(53,54)32(57,58)34(61,62)36(65,66)38(70,71)72/h3-6,11-12H,7-10,13-15H2,1-2H3,(H,73,74). The van der Waals surface area contributed by atoms with Crippen LogP contribution in [0.15, 0.2) is 36.4 Å². The number of thioether (sulfide) groups is 2. The molecule has 1 N–H and O–H groups in total. The summed E-state index contributed by atoms with van der Waals surface area (Å²) in [5.41, 5.74) is -0.559. The molecule has 77 heavy (non-hydrogen) atoms. The van der Waals surface area contributed by atoms with E-state index in [0.29, 0.717) is 11.6 Å². The van der Waals surface area contributed by atoms with Gasteiger partial charge in [-0.3, -0.25) is 4.79 Å². The van der Waals surface area contributed by atoms with E-state index in [9.17, 15) is 154 Å². The average molecular weight is 1240 g/mol. The van der Waals surface area contributed by atoms with Gasteiger partial charge in [-0.05, 0) is 48.6 Å². The highest BCUT2D eigenvalue weighted by Gasteiger charge is 2.97. The Kier molecular flexibility index (Phi) is 19.3. The first kappa shape index (κ1) is 69.1. The molecule has 0 aromatic heterocycles. The molecule has 0 atom stereocenters. The molecule has 446 valence electrons. The van der Waals surface area contributed by atoms with E-state index in [-0.39, 0.29) is 34.8 Å². The van der Waals surface area contributed by atoms with Crippen molar-refractivity contribution in [1.82, 2.24) is 0 Å². The normalized spacial score (nSPS) is 15.3. The Morgan fingerprint density at radius 1 is 0.429 bits per heavy atom. The van der Waals surface area contributed by atoms with Gasteiger partial charge < -0.3 is 10.1 Å². The second-order valence-electron chi connectivity index (χ2n) is 16.0. The first-order valence-corrected chi connectivity index (χ1v) is 21.8. The minimum absolute atomic E-state index is 0.0904. The van der Waals surface area contributed by atoms with Gasteiger partial charge in [0.2, 0.25) is 0 Å². The van der Waals surface area contributed by atoms with Crippen LogP contribution in [0.3, 0.4) is 0 Å². The van der Waals surface area contributed by atoms with Gasteiger partial charge >= 0.3 is 95.3 Å². The van der Waals surface area contributed by atoms with Crippen molar-refractivity contribution in [2.45, 2.75) is 133 Å². The van der Waals surface area contributed by atoms with E-state index >= 15 is 0 Å². The second-order valence-corrected chi connectivity index (χ2v) is 18.2. The first-order valence-electron chi connectivity index (χ1n) is 19.5. The average Bonchev–Trinajstić information content (AvgIpc) is 3.25. The number of carbonyl (C=O) groups is 1. The minimum Gasteiger partial charge on any atom is -0.483 e. The predicted molar refractivity (Wildman–Crippen MR) is 199 cm³/mol. The number of alkyl halides is 34. The summed E-state index contributed by atoms with van der Waals surface area (Å²) in [6.07, 6.45) is -21.9. The molecule has 0 radical (unpaired) electrons. The van der Waals surface area contributed by atoms with Crippen LogP contribution < -0.4 is 10.1 Å². The fourth-order valence-corrected chi connectivity index (χ4v) is 7.70. The molecule has 3 nitrogen and oxygen atoms in total. The van der Waals surface area contributed by atoms with Crippen LogP contribution >= 0.6 is 23.5 Å². The van der Waals surface area contributed by atoms with E-state index in [2.05, 4.69) is 5.32 Å². The number of hydrogen-bond acceptors (Lipinski definition) is 4. The molecule has 2 aromatic rings. The van der Waals surface area contributed by atoms with E-state index in [4.69, 9.17) is 4.74 Å². The molecule has 2 rings (SSSR count). The maximum atomic E-state index is 14.6. The van der Waals surface area contributed by atoms with Crippen molar-refractivity contribution < 1.29 is 159 Å². The molecule has 0 aliphatic carbocycles. The van der Waals surface area contributed by atoms with Crippen LogP contribution in [-0.2, 0) is 16.3 Å². The fourth-order valence-electron chi connectivity index (χ4n) is 5.78. The third kappa shape index (κ3) is 11.8. The zero-order valence-electron chi connectivity index (χ0n) is 36.9. The van der Waals surface area contributed by atoms with Crippen LogP contribution in [0.4, 0.5) is 155 Å². The Bertz CT molecular complexity index is 2360. The molecule has 0 aliphatic rings. The number of carbonyl (C=O) groups excluding carboxylic acids is 1. The first-order chi connectivity index (χ1) is 33.8. The molecule has 0 saturated heterocycles. The quantitative estimate of drug-likeness (QED) is 0.0753. The lowest BCUT2D eigenvalue weighted by Gasteiger charge is -2.42. The molecule has 39 heteroatoms. The summed E-state index contributed by atoms with van der Waals surface area (Å²) in [5, 5.41) is 2.26. The highest BCUT2D eigenvalue weighted by molar-refractivity contribution is 7.98. The zero-order valence-corrected chi connectivity index (χ0v) is 38.5. The summed E-state index contributed by atoms with van der Waals surface area (Å²) in [5.74, 6) is -124. The number of amides is 1. The summed E-state index contributed by atoms with van der Waals surface area (Å²) in [6.45, 7) is 1.50. The number of aryl methyl sites for hydroxylation is 2. The summed E-state index contributed by atoms with van der Waals surface area (Å²) < 4.78 is 470. The van der Waals surface area contributed by atoms with Crippen molar-refractivity contribution in [3.05, 3.63) is 58.7 Å². The number of rotatable bonds is 26. The lowest BCUT2D eigenvalue weighted by molar-refractivity contribution is -0.461. The monoisotopic (exact) mass is 1240 g/mol. The summed E-state index contributed by atoms with van der Waals surface area (Å²) >= 11 is -0.431. The molecule has 0 fully saturated rings. The predicted octanol–water partition coefficient (Wildman–Crippen LogP) is 16.6. The van der Waals surface area contributed by atoms with Crippen molar-refractivity contribution in [3.63, 3.8) is 0 Å². The topological polar surface area (TPSA) is 38.3 Å². The van der Waals surface area contributed by atoms with Crippen LogP contribution in [0.5, 0.6) is 5.75 Å². The van der Waals surface area contributed by atoms with E-state index in [1.807, 2.05) is 0 Å². The van der Waals surface area contributed by atoms with Crippen LogP contribution in [0.2, 0.25) is 0 Å². The fraction of sp³-hybridized carbons (Fsp3) is 0.658. The van der Waals surface area contributed by atoms with Crippen molar-refractivity contribution in [2.75, 3.05) is 23.4 Å². The Morgan fingerprint density at radius 2 is 0.740 bits per heavy atom. The molecular weight excluding hydrogens is 1210 g/mol. The van der Waals surface area contributed by atoms with Gasteiger partial charge in [-0.2, -0.15) is 173 Å². The maximum Gasteiger partial charge on any atom is 0.460 e. The van der Waals surface area contributed by atoms with E-state index < -0.39 is 161 Å². The van der Waals surface area contributed by atoms with Gasteiger partial charge in [-0.15, -0.1) is 0 Å². The Hall–Kier alpha value is -3.97. The third-order valence-corrected chi connectivity index (χ3v) is 12.4. The largest absolute Gasteiger partial charge is 0.483 e. The second kappa shape index (κ2) is 21.5. The highest BCUT2D eigenvalue weighted by atomic mass is 32.2.